The van der Waals surface area contributed by atoms with Gasteiger partial charge < -0.3 is 10.5 Å². The van der Waals surface area contributed by atoms with Crippen molar-refractivity contribution in [2.45, 2.75) is 33.8 Å². The zero-order valence-corrected chi connectivity index (χ0v) is 10.7. The fourth-order valence-electron chi connectivity index (χ4n) is 1.50. The number of nitrogens with zero attached hydrogens (tertiary/aromatic N) is 3. The molecule has 0 spiro atoms. The van der Waals surface area contributed by atoms with Crippen molar-refractivity contribution in [2.24, 2.45) is 5.41 Å². The van der Waals surface area contributed by atoms with Crippen LogP contribution in [0.3, 0.4) is 0 Å². The number of nitrogen functional groups attached to an aromatic ring is 1. The van der Waals surface area contributed by atoms with E-state index in [1.807, 2.05) is 33.8 Å². The number of anilines is 1. The Bertz CT molecular complexity index is 431. The molecule has 1 atom stereocenters. The molecular weight excluding hydrogens is 216 g/mol. The predicted molar refractivity (Wildman–Crippen MR) is 65.0 cm³/mol. The van der Waals surface area contributed by atoms with Gasteiger partial charge in [-0.2, -0.15) is 5.26 Å². The third-order valence-corrected chi connectivity index (χ3v) is 2.31. The number of nitriles is 1. The normalized spacial score (nSPS) is 13.1. The summed E-state index contributed by atoms with van der Waals surface area (Å²) in [6.07, 6.45) is 1.21. The van der Waals surface area contributed by atoms with Gasteiger partial charge in [-0.05, 0) is 12.3 Å². The SMILES string of the molecule is CCOC(c1ncc(C#N)c(N)n1)C(C)(C)C. The van der Waals surface area contributed by atoms with E-state index >= 15 is 0 Å². The standard InChI is InChI=1S/C12H18N4O/c1-5-17-9(12(2,3)4)11-15-7-8(6-13)10(14)16-11/h7,9H,5H2,1-4H3,(H2,14,15,16). The maximum Gasteiger partial charge on any atom is 0.160 e. The van der Waals surface area contributed by atoms with Gasteiger partial charge in [0, 0.05) is 6.61 Å². The van der Waals surface area contributed by atoms with Gasteiger partial charge in [-0.3, -0.25) is 0 Å². The molecular formula is C12H18N4O. The Morgan fingerprint density at radius 2 is 2.18 bits per heavy atom. The molecule has 0 aromatic carbocycles. The molecule has 17 heavy (non-hydrogen) atoms. The van der Waals surface area contributed by atoms with Crippen LogP contribution in [0.5, 0.6) is 0 Å². The fourth-order valence-corrected chi connectivity index (χ4v) is 1.50. The lowest BCUT2D eigenvalue weighted by Gasteiger charge is -2.29. The van der Waals surface area contributed by atoms with E-state index in [0.717, 1.165) is 0 Å². The maximum absolute atomic E-state index is 8.77. The first-order valence-electron chi connectivity index (χ1n) is 5.54. The van der Waals surface area contributed by atoms with E-state index in [1.165, 1.54) is 6.20 Å². The Morgan fingerprint density at radius 3 is 2.59 bits per heavy atom. The Labute approximate surface area is 102 Å². The minimum Gasteiger partial charge on any atom is -0.382 e. The average Bonchev–Trinajstić information content (AvgIpc) is 2.24. The number of ether oxygens (including phenoxy) is 1. The lowest BCUT2D eigenvalue weighted by atomic mass is 9.88. The van der Waals surface area contributed by atoms with Gasteiger partial charge in [-0.15, -0.1) is 0 Å². The first-order chi connectivity index (χ1) is 7.90. The molecule has 2 N–H and O–H groups in total. The second kappa shape index (κ2) is 5.11. The molecule has 0 aliphatic carbocycles. The summed E-state index contributed by atoms with van der Waals surface area (Å²) in [5, 5.41) is 8.77. The largest absolute Gasteiger partial charge is 0.382 e. The van der Waals surface area contributed by atoms with Crippen molar-refractivity contribution >= 4 is 5.82 Å². The Hall–Kier alpha value is -1.67. The molecule has 1 aromatic heterocycles. The minimum absolute atomic E-state index is 0.128. The number of nitrogens with two attached hydrogens (primary N) is 1. The minimum atomic E-state index is -0.234. The number of aromatic nitrogens is 2. The molecule has 1 rings (SSSR count). The zero-order valence-electron chi connectivity index (χ0n) is 10.7. The molecule has 0 saturated carbocycles. The predicted octanol–water partition coefficient (Wildman–Crippen LogP) is 2.05. The van der Waals surface area contributed by atoms with Crippen LogP contribution in [0.4, 0.5) is 5.82 Å². The van der Waals surface area contributed by atoms with E-state index in [4.69, 9.17) is 15.7 Å². The molecule has 5 nitrogen and oxygen atoms in total. The lowest BCUT2D eigenvalue weighted by Crippen LogP contribution is -2.24. The molecule has 0 bridgehead atoms. The quantitative estimate of drug-likeness (QED) is 0.865. The molecule has 0 fully saturated rings. The van der Waals surface area contributed by atoms with Crippen molar-refractivity contribution < 1.29 is 4.74 Å². The molecule has 1 heterocycles. The molecule has 1 unspecified atom stereocenters. The number of hydrogen-bond acceptors (Lipinski definition) is 5. The van der Waals surface area contributed by atoms with Crippen molar-refractivity contribution in [1.82, 2.24) is 9.97 Å². The molecule has 0 aliphatic heterocycles. The summed E-state index contributed by atoms with van der Waals surface area (Å²) in [6.45, 7) is 8.64. The topological polar surface area (TPSA) is 84.8 Å². The first-order valence-corrected chi connectivity index (χ1v) is 5.54. The van der Waals surface area contributed by atoms with Crippen molar-refractivity contribution in [3.8, 4) is 6.07 Å². The van der Waals surface area contributed by atoms with Crippen molar-refractivity contribution in [3.05, 3.63) is 17.6 Å². The zero-order chi connectivity index (χ0) is 13.1. The molecule has 1 aromatic rings. The summed E-state index contributed by atoms with van der Waals surface area (Å²) < 4.78 is 5.66. The van der Waals surface area contributed by atoms with E-state index in [1.54, 1.807) is 0 Å². The van der Waals surface area contributed by atoms with Gasteiger partial charge >= 0.3 is 0 Å². The van der Waals surface area contributed by atoms with Crippen LogP contribution in [0.25, 0.3) is 0 Å². The van der Waals surface area contributed by atoms with Gasteiger partial charge in [0.1, 0.15) is 23.6 Å². The van der Waals surface area contributed by atoms with E-state index in [-0.39, 0.29) is 22.9 Å². The molecule has 0 radical (unpaired) electrons. The highest BCUT2D eigenvalue weighted by Crippen LogP contribution is 2.34. The lowest BCUT2D eigenvalue weighted by molar-refractivity contribution is -0.0190. The van der Waals surface area contributed by atoms with Gasteiger partial charge in [-0.1, -0.05) is 20.8 Å². The van der Waals surface area contributed by atoms with Gasteiger partial charge in [0.15, 0.2) is 5.82 Å². The molecule has 5 heteroatoms. The molecule has 0 saturated heterocycles. The number of hydrogen-bond donors (Lipinski definition) is 1. The average molecular weight is 234 g/mol. The monoisotopic (exact) mass is 234 g/mol. The smallest absolute Gasteiger partial charge is 0.160 e. The second-order valence-electron chi connectivity index (χ2n) is 4.84. The van der Waals surface area contributed by atoms with Gasteiger partial charge in [0.05, 0.1) is 6.20 Å². The van der Waals surface area contributed by atoms with Crippen LogP contribution in [-0.2, 0) is 4.74 Å². The highest BCUT2D eigenvalue weighted by atomic mass is 16.5. The van der Waals surface area contributed by atoms with Crippen LogP contribution in [0.2, 0.25) is 0 Å². The van der Waals surface area contributed by atoms with Gasteiger partial charge in [0.2, 0.25) is 0 Å². The third-order valence-electron chi connectivity index (χ3n) is 2.31. The highest BCUT2D eigenvalue weighted by Gasteiger charge is 2.29. The fraction of sp³-hybridized carbons (Fsp3) is 0.583. The van der Waals surface area contributed by atoms with E-state index in [0.29, 0.717) is 12.4 Å². The van der Waals surface area contributed by atoms with Crippen LogP contribution >= 0.6 is 0 Å². The second-order valence-corrected chi connectivity index (χ2v) is 4.84. The Kier molecular flexibility index (Phi) is 4.02. The summed E-state index contributed by atoms with van der Waals surface area (Å²) in [4.78, 5) is 8.31. The Morgan fingerprint density at radius 1 is 1.53 bits per heavy atom. The van der Waals surface area contributed by atoms with Gasteiger partial charge in [0.25, 0.3) is 0 Å². The maximum atomic E-state index is 8.77. The van der Waals surface area contributed by atoms with Crippen molar-refractivity contribution in [3.63, 3.8) is 0 Å². The van der Waals surface area contributed by atoms with E-state index in [9.17, 15) is 0 Å². The van der Waals surface area contributed by atoms with Crippen LogP contribution < -0.4 is 5.73 Å². The van der Waals surface area contributed by atoms with Crippen LogP contribution in [0.1, 0.15) is 45.2 Å². The van der Waals surface area contributed by atoms with Crippen LogP contribution in [0.15, 0.2) is 6.20 Å². The molecule has 0 amide bonds. The van der Waals surface area contributed by atoms with Crippen LogP contribution in [0, 0.1) is 16.7 Å². The number of rotatable bonds is 3. The molecule has 0 aliphatic rings. The van der Waals surface area contributed by atoms with E-state index < -0.39 is 0 Å². The van der Waals surface area contributed by atoms with Crippen LogP contribution in [-0.4, -0.2) is 16.6 Å². The van der Waals surface area contributed by atoms with Crippen molar-refractivity contribution in [2.75, 3.05) is 12.3 Å². The Balaban J connectivity index is 3.12. The third kappa shape index (κ3) is 3.14. The summed E-state index contributed by atoms with van der Waals surface area (Å²) in [5.74, 6) is 0.724. The summed E-state index contributed by atoms with van der Waals surface area (Å²) >= 11 is 0. The summed E-state index contributed by atoms with van der Waals surface area (Å²) in [5.41, 5.74) is 5.84. The molecule has 92 valence electrons. The van der Waals surface area contributed by atoms with E-state index in [2.05, 4.69) is 9.97 Å². The summed E-state index contributed by atoms with van der Waals surface area (Å²) in [6, 6.07) is 1.94. The first kappa shape index (κ1) is 13.4. The van der Waals surface area contributed by atoms with Gasteiger partial charge in [-0.25, -0.2) is 9.97 Å². The highest BCUT2D eigenvalue weighted by molar-refractivity contribution is 5.46. The summed E-state index contributed by atoms with van der Waals surface area (Å²) in [7, 11) is 0. The van der Waals surface area contributed by atoms with Crippen molar-refractivity contribution in [1.29, 1.82) is 5.26 Å².